The Labute approximate surface area is 183 Å². The monoisotopic (exact) mass is 528 g/mol. The number of hydrogen-bond acceptors (Lipinski definition) is 10. The van der Waals surface area contributed by atoms with Crippen molar-refractivity contribution in [3.05, 3.63) is 27.2 Å². The van der Waals surface area contributed by atoms with Gasteiger partial charge in [0.05, 0.1) is 32.9 Å². The van der Waals surface area contributed by atoms with Crippen LogP contribution in [-0.2, 0) is 16.0 Å². The first-order valence-electron chi connectivity index (χ1n) is 8.55. The predicted octanol–water partition coefficient (Wildman–Crippen LogP) is 1.94. The summed E-state index contributed by atoms with van der Waals surface area (Å²) in [7, 11) is 2.65. The fraction of sp³-hybridized carbons (Fsp3) is 0.294. The number of carbonyl (C=O) groups is 2. The Kier molecular flexibility index (Phi) is 6.49. The number of methoxy groups -OCH3 is 2. The molecule has 0 aliphatic rings. The van der Waals surface area contributed by atoms with Gasteiger partial charge in [0.15, 0.2) is 5.52 Å². The summed E-state index contributed by atoms with van der Waals surface area (Å²) >= 11 is 1.95. The van der Waals surface area contributed by atoms with Crippen molar-refractivity contribution in [1.82, 2.24) is 24.7 Å². The number of aromatic nitrogens is 5. The molecule has 0 atom stereocenters. The van der Waals surface area contributed by atoms with Gasteiger partial charge < -0.3 is 19.3 Å². The van der Waals surface area contributed by atoms with E-state index < -0.39 is 12.1 Å². The number of pyridine rings is 1. The van der Waals surface area contributed by atoms with E-state index in [1.807, 2.05) is 22.6 Å². The standard InChI is InChI=1S/C17H17IN6O6/c1-4-30-15(26)8-5-10(28-2)9(19-6-8)7-24-12-11(13(18)23-24)20-16(21-14(12)25)22-17(27)29-3/h5-6H,4,7H2,1-3H3,(H2,20,21,22,25,27). The van der Waals surface area contributed by atoms with Gasteiger partial charge >= 0.3 is 12.1 Å². The molecule has 0 unspecified atom stereocenters. The van der Waals surface area contributed by atoms with Crippen molar-refractivity contribution in [2.75, 3.05) is 26.1 Å². The fourth-order valence-corrected chi connectivity index (χ4v) is 3.21. The van der Waals surface area contributed by atoms with E-state index in [1.165, 1.54) is 31.2 Å². The smallest absolute Gasteiger partial charge is 0.413 e. The maximum absolute atomic E-state index is 11.9. The molecule has 0 aliphatic carbocycles. The quantitative estimate of drug-likeness (QED) is 0.359. The van der Waals surface area contributed by atoms with Gasteiger partial charge in [0.2, 0.25) is 11.8 Å². The number of nitrogens with zero attached hydrogens (tertiary/aromatic N) is 5. The molecule has 3 heterocycles. The van der Waals surface area contributed by atoms with E-state index in [9.17, 15) is 14.7 Å². The zero-order chi connectivity index (χ0) is 21.8. The minimum absolute atomic E-state index is 0.104. The van der Waals surface area contributed by atoms with Crippen molar-refractivity contribution in [2.45, 2.75) is 13.5 Å². The highest BCUT2D eigenvalue weighted by Crippen LogP contribution is 2.28. The second kappa shape index (κ2) is 9.06. The lowest BCUT2D eigenvalue weighted by molar-refractivity contribution is 0.0525. The van der Waals surface area contributed by atoms with Crippen LogP contribution in [0.5, 0.6) is 11.6 Å². The van der Waals surface area contributed by atoms with Crippen LogP contribution < -0.4 is 10.1 Å². The number of fused-ring (bicyclic) bond motifs is 1. The number of nitrogens with one attached hydrogen (secondary N) is 1. The normalized spacial score (nSPS) is 10.7. The average molecular weight is 528 g/mol. The van der Waals surface area contributed by atoms with Crippen LogP contribution >= 0.6 is 22.6 Å². The highest BCUT2D eigenvalue weighted by atomic mass is 127. The van der Waals surface area contributed by atoms with E-state index in [0.717, 1.165) is 0 Å². The van der Waals surface area contributed by atoms with Crippen LogP contribution in [0.2, 0.25) is 0 Å². The Hall–Kier alpha value is -3.23. The largest absolute Gasteiger partial charge is 0.495 e. The third kappa shape index (κ3) is 4.34. The number of amides is 1. The molecule has 0 saturated carbocycles. The summed E-state index contributed by atoms with van der Waals surface area (Å²) in [4.78, 5) is 35.6. The third-order valence-corrected chi connectivity index (χ3v) is 4.61. The Morgan fingerprint density at radius 3 is 2.73 bits per heavy atom. The number of anilines is 1. The lowest BCUT2D eigenvalue weighted by Gasteiger charge is -2.10. The molecular formula is C17H17IN6O6. The van der Waals surface area contributed by atoms with E-state index >= 15 is 0 Å². The van der Waals surface area contributed by atoms with Crippen molar-refractivity contribution in [3.63, 3.8) is 0 Å². The summed E-state index contributed by atoms with van der Waals surface area (Å²) in [6.45, 7) is 2.06. The van der Waals surface area contributed by atoms with Gasteiger partial charge in [-0.3, -0.25) is 15.0 Å². The number of aromatic hydroxyl groups is 1. The molecule has 158 valence electrons. The second-order valence-electron chi connectivity index (χ2n) is 5.73. The maximum atomic E-state index is 11.9. The first-order valence-corrected chi connectivity index (χ1v) is 9.63. The summed E-state index contributed by atoms with van der Waals surface area (Å²) in [5, 5.41) is 17.0. The number of ether oxygens (including phenoxy) is 3. The van der Waals surface area contributed by atoms with Gasteiger partial charge in [-0.25, -0.2) is 14.6 Å². The molecule has 3 aromatic rings. The van der Waals surface area contributed by atoms with Gasteiger partial charge in [-0.2, -0.15) is 10.1 Å². The molecule has 30 heavy (non-hydrogen) atoms. The second-order valence-corrected chi connectivity index (χ2v) is 6.75. The van der Waals surface area contributed by atoms with Crippen LogP contribution in [0.4, 0.5) is 10.7 Å². The number of carbonyl (C=O) groups excluding carboxylic acids is 2. The number of rotatable bonds is 6. The summed E-state index contributed by atoms with van der Waals surface area (Å²) in [5.74, 6) is -0.669. The molecule has 0 fully saturated rings. The number of hydrogen-bond donors (Lipinski definition) is 2. The van der Waals surface area contributed by atoms with Crippen LogP contribution in [0.15, 0.2) is 12.3 Å². The zero-order valence-corrected chi connectivity index (χ0v) is 18.3. The van der Waals surface area contributed by atoms with E-state index in [2.05, 4.69) is 30.1 Å². The van der Waals surface area contributed by atoms with Gasteiger partial charge in [0.1, 0.15) is 20.7 Å². The number of halogens is 1. The van der Waals surface area contributed by atoms with Crippen molar-refractivity contribution in [2.24, 2.45) is 0 Å². The summed E-state index contributed by atoms with van der Waals surface area (Å²) < 4.78 is 16.7. The van der Waals surface area contributed by atoms with E-state index in [-0.39, 0.29) is 36.1 Å². The molecule has 2 N–H and O–H groups in total. The molecule has 12 nitrogen and oxygen atoms in total. The molecule has 0 spiro atoms. The minimum Gasteiger partial charge on any atom is -0.495 e. The lowest BCUT2D eigenvalue weighted by atomic mass is 10.2. The van der Waals surface area contributed by atoms with Crippen molar-refractivity contribution >= 4 is 51.6 Å². The Morgan fingerprint density at radius 1 is 1.30 bits per heavy atom. The number of esters is 1. The first kappa shape index (κ1) is 21.5. The molecule has 1 amide bonds. The minimum atomic E-state index is -0.772. The van der Waals surface area contributed by atoms with Crippen molar-refractivity contribution < 1.29 is 28.9 Å². The van der Waals surface area contributed by atoms with Crippen LogP contribution in [0.3, 0.4) is 0 Å². The molecule has 3 aromatic heterocycles. The molecule has 0 bridgehead atoms. The summed E-state index contributed by atoms with van der Waals surface area (Å²) in [6.07, 6.45) is 0.605. The van der Waals surface area contributed by atoms with E-state index in [0.29, 0.717) is 20.7 Å². The Balaban J connectivity index is 1.98. The third-order valence-electron chi connectivity index (χ3n) is 3.89. The SMILES string of the molecule is CCOC(=O)c1cnc(Cn2nc(I)c3nc(NC(=O)OC)nc(O)c32)c(OC)c1. The van der Waals surface area contributed by atoms with Crippen molar-refractivity contribution in [1.29, 1.82) is 0 Å². The molecule has 0 radical (unpaired) electrons. The average Bonchev–Trinajstić information content (AvgIpc) is 3.04. The van der Waals surface area contributed by atoms with Crippen molar-refractivity contribution in [3.8, 4) is 11.6 Å². The molecule has 0 aliphatic heterocycles. The molecule has 0 aromatic carbocycles. The van der Waals surface area contributed by atoms with Gasteiger partial charge in [-0.05, 0) is 35.6 Å². The highest BCUT2D eigenvalue weighted by molar-refractivity contribution is 14.1. The van der Waals surface area contributed by atoms with Gasteiger partial charge in [0, 0.05) is 6.20 Å². The van der Waals surface area contributed by atoms with Crippen LogP contribution in [-0.4, -0.2) is 62.7 Å². The Bertz CT molecular complexity index is 1120. The molecule has 13 heteroatoms. The molecule has 3 rings (SSSR count). The van der Waals surface area contributed by atoms with Gasteiger partial charge in [-0.1, -0.05) is 0 Å². The summed E-state index contributed by atoms with van der Waals surface area (Å²) in [5.41, 5.74) is 1.29. The highest BCUT2D eigenvalue weighted by Gasteiger charge is 2.20. The summed E-state index contributed by atoms with van der Waals surface area (Å²) in [6, 6.07) is 1.52. The first-order chi connectivity index (χ1) is 14.4. The van der Waals surface area contributed by atoms with Gasteiger partial charge in [0.25, 0.3) is 0 Å². The van der Waals surface area contributed by atoms with Crippen LogP contribution in [0.1, 0.15) is 23.0 Å². The van der Waals surface area contributed by atoms with E-state index in [4.69, 9.17) is 9.47 Å². The van der Waals surface area contributed by atoms with Gasteiger partial charge in [-0.15, -0.1) is 0 Å². The topological polar surface area (TPSA) is 151 Å². The zero-order valence-electron chi connectivity index (χ0n) is 16.2. The molecular weight excluding hydrogens is 511 g/mol. The van der Waals surface area contributed by atoms with Crippen LogP contribution in [0, 0.1) is 3.70 Å². The maximum Gasteiger partial charge on any atom is 0.413 e. The lowest BCUT2D eigenvalue weighted by Crippen LogP contribution is -2.13. The van der Waals surface area contributed by atoms with E-state index in [1.54, 1.807) is 6.92 Å². The van der Waals surface area contributed by atoms with Crippen LogP contribution in [0.25, 0.3) is 11.0 Å². The predicted molar refractivity (Wildman–Crippen MR) is 112 cm³/mol. The molecule has 0 saturated heterocycles. The fourth-order valence-electron chi connectivity index (χ4n) is 2.58. The Morgan fingerprint density at radius 2 is 2.07 bits per heavy atom.